The number of hydrogen-bond acceptors (Lipinski definition) is 4. The van der Waals surface area contributed by atoms with Crippen LogP contribution in [0, 0.1) is 0 Å². The van der Waals surface area contributed by atoms with E-state index in [-0.39, 0.29) is 5.22 Å². The van der Waals surface area contributed by atoms with Gasteiger partial charge in [-0.15, -0.1) is 0 Å². The molecule has 1 heterocycles. The monoisotopic (exact) mass is 267 g/mol. The molecule has 0 aliphatic carbocycles. The van der Waals surface area contributed by atoms with Crippen molar-refractivity contribution in [3.63, 3.8) is 0 Å². The first-order valence-corrected chi connectivity index (χ1v) is 5.75. The minimum atomic E-state index is -0.429. The molecule has 4 nitrogen and oxygen atoms in total. The van der Waals surface area contributed by atoms with Crippen LogP contribution in [0.25, 0.3) is 0 Å². The molecule has 1 aromatic heterocycles. The first-order chi connectivity index (χ1) is 8.67. The Labute approximate surface area is 110 Å². The van der Waals surface area contributed by atoms with Crippen LogP contribution in [-0.4, -0.2) is 14.2 Å². The van der Waals surface area contributed by atoms with Crippen LogP contribution in [0.4, 0.5) is 0 Å². The Bertz CT molecular complexity index is 539. The molecule has 0 spiro atoms. The van der Waals surface area contributed by atoms with Gasteiger partial charge in [-0.1, -0.05) is 0 Å². The van der Waals surface area contributed by atoms with E-state index < -0.39 is 6.04 Å². The molecule has 1 aromatic carbocycles. The highest BCUT2D eigenvalue weighted by molar-refractivity contribution is 6.29. The van der Waals surface area contributed by atoms with Crippen LogP contribution < -0.4 is 15.2 Å². The van der Waals surface area contributed by atoms with Crippen molar-refractivity contribution in [3.05, 3.63) is 46.9 Å². The number of hydrogen-bond donors (Lipinski definition) is 1. The summed E-state index contributed by atoms with van der Waals surface area (Å²) in [5, 5.41) is 0.285. The maximum Gasteiger partial charge on any atom is 0.198 e. The van der Waals surface area contributed by atoms with Gasteiger partial charge in [0.1, 0.15) is 11.5 Å². The summed E-state index contributed by atoms with van der Waals surface area (Å²) >= 11 is 5.94. The van der Waals surface area contributed by atoms with Crippen LogP contribution in [0.2, 0.25) is 5.22 Å². The molecule has 1 atom stereocenters. The standard InChI is InChI=1S/C13H14ClNO3/c1-16-8-3-4-11(17-2)10(7-8)12(15)9-5-6-18-13(9)14/h3-7,12H,15H2,1-2H3. The molecular formula is C13H14ClNO3. The quantitative estimate of drug-likeness (QED) is 0.925. The van der Waals surface area contributed by atoms with Crippen molar-refractivity contribution < 1.29 is 13.9 Å². The van der Waals surface area contributed by atoms with Gasteiger partial charge in [0.25, 0.3) is 0 Å². The van der Waals surface area contributed by atoms with Crippen molar-refractivity contribution in [3.8, 4) is 11.5 Å². The van der Waals surface area contributed by atoms with E-state index in [0.717, 1.165) is 5.56 Å². The molecule has 0 aliphatic rings. The number of nitrogens with two attached hydrogens (primary N) is 1. The lowest BCUT2D eigenvalue weighted by Gasteiger charge is -2.16. The molecule has 2 rings (SSSR count). The SMILES string of the molecule is COc1ccc(OC)c(C(N)c2ccoc2Cl)c1. The number of rotatable bonds is 4. The second-order valence-corrected chi connectivity index (χ2v) is 4.08. The van der Waals surface area contributed by atoms with E-state index in [2.05, 4.69) is 0 Å². The minimum absolute atomic E-state index is 0.285. The average Bonchev–Trinajstić information content (AvgIpc) is 2.83. The van der Waals surface area contributed by atoms with Crippen LogP contribution >= 0.6 is 11.6 Å². The second-order valence-electron chi connectivity index (χ2n) is 3.74. The van der Waals surface area contributed by atoms with Crippen LogP contribution in [0.5, 0.6) is 11.5 Å². The molecule has 0 fully saturated rings. The summed E-state index contributed by atoms with van der Waals surface area (Å²) in [6, 6.07) is 6.76. The third-order valence-corrected chi connectivity index (χ3v) is 3.06. The van der Waals surface area contributed by atoms with Gasteiger partial charge in [-0.3, -0.25) is 0 Å². The van der Waals surface area contributed by atoms with Crippen LogP contribution in [0.15, 0.2) is 34.9 Å². The van der Waals surface area contributed by atoms with E-state index in [4.69, 9.17) is 31.2 Å². The Morgan fingerprint density at radius 2 is 1.94 bits per heavy atom. The molecule has 2 N–H and O–H groups in total. The van der Waals surface area contributed by atoms with Crippen LogP contribution in [0.1, 0.15) is 17.2 Å². The molecule has 5 heteroatoms. The Balaban J connectivity index is 2.45. The first-order valence-electron chi connectivity index (χ1n) is 5.37. The zero-order valence-corrected chi connectivity index (χ0v) is 10.9. The summed E-state index contributed by atoms with van der Waals surface area (Å²) in [4.78, 5) is 0. The number of furan rings is 1. The van der Waals surface area contributed by atoms with E-state index in [1.54, 1.807) is 20.3 Å². The van der Waals surface area contributed by atoms with Gasteiger partial charge in [-0.05, 0) is 35.9 Å². The molecule has 0 aliphatic heterocycles. The Hall–Kier alpha value is -1.65. The molecule has 2 aromatic rings. The van der Waals surface area contributed by atoms with Gasteiger partial charge < -0.3 is 19.6 Å². The summed E-state index contributed by atoms with van der Waals surface area (Å²) in [6.45, 7) is 0. The molecule has 0 saturated heterocycles. The van der Waals surface area contributed by atoms with Gasteiger partial charge in [0.15, 0.2) is 5.22 Å². The molecular weight excluding hydrogens is 254 g/mol. The van der Waals surface area contributed by atoms with Gasteiger partial charge in [0.2, 0.25) is 0 Å². The fraction of sp³-hybridized carbons (Fsp3) is 0.231. The number of methoxy groups -OCH3 is 2. The summed E-state index contributed by atoms with van der Waals surface area (Å²) < 4.78 is 15.5. The topological polar surface area (TPSA) is 57.6 Å². The number of halogens is 1. The largest absolute Gasteiger partial charge is 0.497 e. The maximum absolute atomic E-state index is 6.18. The van der Waals surface area contributed by atoms with Crippen molar-refractivity contribution >= 4 is 11.6 Å². The van der Waals surface area contributed by atoms with Gasteiger partial charge in [-0.25, -0.2) is 0 Å². The van der Waals surface area contributed by atoms with Crippen molar-refractivity contribution in [2.45, 2.75) is 6.04 Å². The third-order valence-electron chi connectivity index (χ3n) is 2.75. The predicted molar refractivity (Wildman–Crippen MR) is 69.3 cm³/mol. The maximum atomic E-state index is 6.18. The normalized spacial score (nSPS) is 12.2. The predicted octanol–water partition coefficient (Wildman–Crippen LogP) is 3.00. The summed E-state index contributed by atoms with van der Waals surface area (Å²) in [7, 11) is 3.19. The molecule has 18 heavy (non-hydrogen) atoms. The highest BCUT2D eigenvalue weighted by atomic mass is 35.5. The molecule has 0 amide bonds. The van der Waals surface area contributed by atoms with Crippen molar-refractivity contribution in [1.29, 1.82) is 0 Å². The van der Waals surface area contributed by atoms with E-state index in [0.29, 0.717) is 17.1 Å². The van der Waals surface area contributed by atoms with Gasteiger partial charge in [0.05, 0.1) is 26.5 Å². The summed E-state index contributed by atoms with van der Waals surface area (Å²) in [5.41, 5.74) is 7.68. The van der Waals surface area contributed by atoms with Crippen molar-refractivity contribution in [1.82, 2.24) is 0 Å². The second kappa shape index (κ2) is 5.33. The van der Waals surface area contributed by atoms with Gasteiger partial charge in [-0.2, -0.15) is 0 Å². The zero-order chi connectivity index (χ0) is 13.1. The van der Waals surface area contributed by atoms with Gasteiger partial charge >= 0.3 is 0 Å². The molecule has 0 saturated carbocycles. The van der Waals surface area contributed by atoms with Crippen LogP contribution in [-0.2, 0) is 0 Å². The van der Waals surface area contributed by atoms with E-state index in [1.165, 1.54) is 6.26 Å². The first kappa shape index (κ1) is 12.8. The lowest BCUT2D eigenvalue weighted by atomic mass is 10.0. The van der Waals surface area contributed by atoms with E-state index in [1.807, 2.05) is 18.2 Å². The lowest BCUT2D eigenvalue weighted by molar-refractivity contribution is 0.397. The van der Waals surface area contributed by atoms with E-state index in [9.17, 15) is 0 Å². The smallest absolute Gasteiger partial charge is 0.198 e. The Morgan fingerprint density at radius 3 is 2.50 bits per heavy atom. The van der Waals surface area contributed by atoms with Crippen molar-refractivity contribution in [2.24, 2.45) is 5.73 Å². The molecule has 0 bridgehead atoms. The minimum Gasteiger partial charge on any atom is -0.497 e. The van der Waals surface area contributed by atoms with Crippen LogP contribution in [0.3, 0.4) is 0 Å². The fourth-order valence-corrected chi connectivity index (χ4v) is 2.01. The summed E-state index contributed by atoms with van der Waals surface area (Å²) in [5.74, 6) is 1.39. The van der Waals surface area contributed by atoms with Gasteiger partial charge in [0, 0.05) is 11.1 Å². The fourth-order valence-electron chi connectivity index (χ4n) is 1.78. The highest BCUT2D eigenvalue weighted by Gasteiger charge is 2.19. The summed E-state index contributed by atoms with van der Waals surface area (Å²) in [6.07, 6.45) is 1.50. The number of ether oxygens (including phenoxy) is 2. The van der Waals surface area contributed by atoms with E-state index >= 15 is 0 Å². The highest BCUT2D eigenvalue weighted by Crippen LogP contribution is 2.34. The van der Waals surface area contributed by atoms with Crippen molar-refractivity contribution in [2.75, 3.05) is 14.2 Å². The third kappa shape index (κ3) is 2.30. The Kier molecular flexibility index (Phi) is 3.79. The number of benzene rings is 1. The lowest BCUT2D eigenvalue weighted by Crippen LogP contribution is -2.13. The molecule has 96 valence electrons. The zero-order valence-electron chi connectivity index (χ0n) is 10.1. The molecule has 1 unspecified atom stereocenters. The average molecular weight is 268 g/mol. The molecule has 0 radical (unpaired) electrons. The Morgan fingerprint density at radius 1 is 1.17 bits per heavy atom.